The van der Waals surface area contributed by atoms with E-state index in [0.717, 1.165) is 0 Å². The van der Waals surface area contributed by atoms with Gasteiger partial charge in [-0.15, -0.1) is 0 Å². The Kier molecular flexibility index (Phi) is 7.02. The molecule has 2 heterocycles. The fourth-order valence-corrected chi connectivity index (χ4v) is 4.28. The highest BCUT2D eigenvalue weighted by Crippen LogP contribution is 2.35. The summed E-state index contributed by atoms with van der Waals surface area (Å²) in [4.78, 5) is 35.4. The zero-order chi connectivity index (χ0) is 27.1. The minimum atomic E-state index is -1.41. The lowest BCUT2D eigenvalue weighted by Gasteiger charge is -2.46. The molecule has 0 spiro atoms. The zero-order valence-corrected chi connectivity index (χ0v) is 20.5. The maximum absolute atomic E-state index is 12.6. The van der Waals surface area contributed by atoms with E-state index < -0.39 is 46.7 Å². The summed E-state index contributed by atoms with van der Waals surface area (Å²) < 4.78 is 22.4. The number of benzene rings is 2. The second kappa shape index (κ2) is 9.90. The van der Waals surface area contributed by atoms with Crippen molar-refractivity contribution in [3.05, 3.63) is 74.1 Å². The minimum Gasteiger partial charge on any atom is -0.462 e. The summed E-state index contributed by atoms with van der Waals surface area (Å²) in [7, 11) is 1.41. The van der Waals surface area contributed by atoms with Crippen LogP contribution in [0.5, 0.6) is 5.75 Å². The van der Waals surface area contributed by atoms with Crippen LogP contribution in [-0.2, 0) is 9.47 Å². The molecule has 0 bridgehead atoms. The van der Waals surface area contributed by atoms with Gasteiger partial charge >= 0.3 is 5.63 Å². The van der Waals surface area contributed by atoms with Gasteiger partial charge in [-0.2, -0.15) is 0 Å². The maximum Gasteiger partial charge on any atom is 0.360 e. The van der Waals surface area contributed by atoms with E-state index in [1.165, 1.54) is 37.4 Å². The van der Waals surface area contributed by atoms with Gasteiger partial charge in [0.2, 0.25) is 6.29 Å². The summed E-state index contributed by atoms with van der Waals surface area (Å²) in [6, 6.07) is 9.53. The molecule has 0 saturated carbocycles. The molecule has 1 amide bonds. The van der Waals surface area contributed by atoms with Gasteiger partial charge in [-0.05, 0) is 51.1 Å². The van der Waals surface area contributed by atoms with Gasteiger partial charge in [-0.25, -0.2) is 4.79 Å². The monoisotopic (exact) mass is 514 g/mol. The van der Waals surface area contributed by atoms with Gasteiger partial charge < -0.3 is 34.2 Å². The molecular weight excluding hydrogens is 488 g/mol. The molecule has 4 rings (SSSR count). The summed E-state index contributed by atoms with van der Waals surface area (Å²) in [5.41, 5.74) is -1.33. The fraction of sp³-hybridized carbons (Fsp3) is 0.360. The normalized spacial score (nSPS) is 23.0. The van der Waals surface area contributed by atoms with Crippen LogP contribution in [0.4, 0.5) is 11.4 Å². The lowest BCUT2D eigenvalue weighted by molar-refractivity contribution is -0.384. The number of aliphatic hydroxyl groups is 2. The van der Waals surface area contributed by atoms with E-state index in [-0.39, 0.29) is 28.3 Å². The molecule has 0 radical (unpaired) electrons. The van der Waals surface area contributed by atoms with Crippen molar-refractivity contribution in [2.24, 2.45) is 0 Å². The first-order valence-electron chi connectivity index (χ1n) is 11.3. The first-order chi connectivity index (χ1) is 17.4. The predicted octanol–water partition coefficient (Wildman–Crippen LogP) is 2.51. The predicted molar refractivity (Wildman–Crippen MR) is 131 cm³/mol. The number of methoxy groups -OCH3 is 1. The van der Waals surface area contributed by atoms with E-state index in [1.807, 2.05) is 0 Å². The molecule has 1 saturated heterocycles. The van der Waals surface area contributed by atoms with Crippen molar-refractivity contribution in [1.29, 1.82) is 0 Å². The first kappa shape index (κ1) is 26.2. The van der Waals surface area contributed by atoms with Crippen molar-refractivity contribution in [2.75, 3.05) is 12.4 Å². The number of amides is 1. The van der Waals surface area contributed by atoms with Gasteiger partial charge in [0.25, 0.3) is 11.6 Å². The highest BCUT2D eigenvalue weighted by Gasteiger charge is 2.50. The van der Waals surface area contributed by atoms with Crippen LogP contribution >= 0.6 is 0 Å². The number of hydrogen-bond donors (Lipinski definition) is 3. The number of aliphatic hydroxyl groups excluding tert-OH is 2. The smallest absolute Gasteiger partial charge is 0.360 e. The third-order valence-electron chi connectivity index (χ3n) is 6.23. The number of nitro benzene ring substituents is 1. The van der Waals surface area contributed by atoms with Crippen LogP contribution in [0, 0.1) is 17.0 Å². The van der Waals surface area contributed by atoms with E-state index in [4.69, 9.17) is 18.6 Å². The number of rotatable bonds is 6. The number of ether oxygens (including phenoxy) is 3. The van der Waals surface area contributed by atoms with Crippen LogP contribution in [0.1, 0.15) is 29.8 Å². The quantitative estimate of drug-likeness (QED) is 0.252. The third-order valence-corrected chi connectivity index (χ3v) is 6.23. The summed E-state index contributed by atoms with van der Waals surface area (Å²) >= 11 is 0. The van der Waals surface area contributed by atoms with Crippen molar-refractivity contribution < 1.29 is 38.6 Å². The van der Waals surface area contributed by atoms with Gasteiger partial charge in [-0.3, -0.25) is 14.9 Å². The number of carbonyl (C=O) groups excluding carboxylic acids is 1. The molecule has 196 valence electrons. The number of nitrogens with zero attached hydrogens (tertiary/aromatic N) is 1. The Hall–Kier alpha value is -3.84. The van der Waals surface area contributed by atoms with E-state index in [0.29, 0.717) is 10.9 Å². The van der Waals surface area contributed by atoms with Crippen LogP contribution in [0.15, 0.2) is 51.7 Å². The molecule has 1 aliphatic rings. The van der Waals surface area contributed by atoms with Crippen molar-refractivity contribution in [1.82, 2.24) is 0 Å². The number of aryl methyl sites for hydroxylation is 1. The molecule has 4 atom stereocenters. The number of hydrogen-bond acceptors (Lipinski definition) is 10. The van der Waals surface area contributed by atoms with Crippen LogP contribution in [0.3, 0.4) is 0 Å². The SMILES string of the molecule is CO[C@@H]1[C@@H](O)[C@@H](O)[C@H](Oc2ccc3cc(NC(=O)c4ccc([N+](=O)[O-])cc4)c(=O)oc3c2C)OC1(C)C. The van der Waals surface area contributed by atoms with Gasteiger partial charge in [0, 0.05) is 35.8 Å². The van der Waals surface area contributed by atoms with Crippen LogP contribution in [-0.4, -0.2) is 58.4 Å². The lowest BCUT2D eigenvalue weighted by atomic mass is 9.89. The molecule has 37 heavy (non-hydrogen) atoms. The Morgan fingerprint density at radius 3 is 2.43 bits per heavy atom. The summed E-state index contributed by atoms with van der Waals surface area (Å²) in [6.07, 6.45) is -4.67. The molecule has 3 aromatic rings. The number of nitro groups is 1. The fourth-order valence-electron chi connectivity index (χ4n) is 4.28. The molecule has 3 N–H and O–H groups in total. The molecule has 0 unspecified atom stereocenters. The van der Waals surface area contributed by atoms with Gasteiger partial charge in [0.15, 0.2) is 0 Å². The summed E-state index contributed by atoms with van der Waals surface area (Å²) in [5.74, 6) is -0.390. The average Bonchev–Trinajstić information content (AvgIpc) is 2.85. The van der Waals surface area contributed by atoms with E-state index >= 15 is 0 Å². The average molecular weight is 514 g/mol. The Morgan fingerprint density at radius 1 is 1.14 bits per heavy atom. The minimum absolute atomic E-state index is 0.120. The van der Waals surface area contributed by atoms with Crippen molar-refractivity contribution in [2.45, 2.75) is 51.0 Å². The van der Waals surface area contributed by atoms with Gasteiger partial charge in [0.1, 0.15) is 35.3 Å². The van der Waals surface area contributed by atoms with Crippen LogP contribution < -0.4 is 15.7 Å². The Bertz CT molecular complexity index is 1400. The van der Waals surface area contributed by atoms with Crippen LogP contribution in [0.2, 0.25) is 0 Å². The lowest BCUT2D eigenvalue weighted by Crippen LogP contribution is -2.63. The first-order valence-corrected chi connectivity index (χ1v) is 11.3. The Morgan fingerprint density at radius 2 is 1.81 bits per heavy atom. The van der Waals surface area contributed by atoms with Crippen molar-refractivity contribution in [3.63, 3.8) is 0 Å². The number of non-ortho nitro benzene ring substituents is 1. The summed E-state index contributed by atoms with van der Waals surface area (Å²) in [6.45, 7) is 5.04. The van der Waals surface area contributed by atoms with Crippen molar-refractivity contribution >= 4 is 28.3 Å². The summed E-state index contributed by atoms with van der Waals surface area (Å²) in [5, 5.41) is 34.7. The molecule has 12 nitrogen and oxygen atoms in total. The Balaban J connectivity index is 1.57. The highest BCUT2D eigenvalue weighted by molar-refractivity contribution is 6.05. The molecule has 2 aromatic carbocycles. The molecular formula is C25H26N2O10. The second-order valence-electron chi connectivity index (χ2n) is 9.16. The molecule has 1 aliphatic heterocycles. The zero-order valence-electron chi connectivity index (χ0n) is 20.5. The molecule has 12 heteroatoms. The number of carbonyl (C=O) groups is 1. The Labute approximate surface area is 210 Å². The van der Waals surface area contributed by atoms with E-state index in [9.17, 15) is 29.9 Å². The largest absolute Gasteiger partial charge is 0.462 e. The van der Waals surface area contributed by atoms with Crippen molar-refractivity contribution in [3.8, 4) is 5.75 Å². The highest BCUT2D eigenvalue weighted by atomic mass is 16.7. The topological polar surface area (TPSA) is 171 Å². The maximum atomic E-state index is 12.6. The van der Waals surface area contributed by atoms with E-state index in [2.05, 4.69) is 5.32 Å². The number of fused-ring (bicyclic) bond motifs is 1. The van der Waals surface area contributed by atoms with E-state index in [1.54, 1.807) is 32.9 Å². The molecule has 1 fully saturated rings. The third kappa shape index (κ3) is 5.04. The standard InChI is InChI=1S/C25H26N2O10/c1-12-17(35-24-19(29)18(28)21(34-4)25(2,3)37-24)10-7-14-11-16(23(31)36-20(12)14)26-22(30)13-5-8-15(9-6-13)27(32)33/h5-11,18-19,21,24,28-29H,1-4H3,(H,26,30)/t18-,19+,21+,24+/m0/s1. The van der Waals surface area contributed by atoms with Crippen LogP contribution in [0.25, 0.3) is 11.0 Å². The number of anilines is 1. The second-order valence-corrected chi connectivity index (χ2v) is 9.16. The van der Waals surface area contributed by atoms with Gasteiger partial charge in [-0.1, -0.05) is 0 Å². The molecule has 1 aromatic heterocycles. The number of nitrogens with one attached hydrogen (secondary N) is 1. The molecule has 0 aliphatic carbocycles. The van der Waals surface area contributed by atoms with Gasteiger partial charge in [0.05, 0.1) is 10.5 Å².